The van der Waals surface area contributed by atoms with Crippen LogP contribution < -0.4 is 4.74 Å². The van der Waals surface area contributed by atoms with Crippen LogP contribution in [0, 0.1) is 6.92 Å². The minimum Gasteiger partial charge on any atom is -0.493 e. The van der Waals surface area contributed by atoms with Gasteiger partial charge in [-0.25, -0.2) is 0 Å². The number of ether oxygens (including phenoxy) is 1. The second kappa shape index (κ2) is 4.81. The first-order chi connectivity index (χ1) is 8.58. The number of methoxy groups -OCH3 is 1. The molecule has 18 heavy (non-hydrogen) atoms. The van der Waals surface area contributed by atoms with Gasteiger partial charge in [0, 0.05) is 13.6 Å². The summed E-state index contributed by atoms with van der Waals surface area (Å²) in [5, 5.41) is 18.9. The van der Waals surface area contributed by atoms with Gasteiger partial charge in [0.2, 0.25) is 0 Å². The highest BCUT2D eigenvalue weighted by molar-refractivity contribution is 5.32. The second-order valence-corrected chi connectivity index (χ2v) is 4.15. The van der Waals surface area contributed by atoms with Gasteiger partial charge in [-0.1, -0.05) is 0 Å². The molecule has 0 radical (unpaired) electrons. The fourth-order valence-electron chi connectivity index (χ4n) is 2.07. The Kier molecular flexibility index (Phi) is 3.38. The highest BCUT2D eigenvalue weighted by atomic mass is 16.5. The summed E-state index contributed by atoms with van der Waals surface area (Å²) >= 11 is 0. The van der Waals surface area contributed by atoms with Crippen molar-refractivity contribution in [1.29, 1.82) is 0 Å². The number of aliphatic hydroxyl groups is 1. The third kappa shape index (κ3) is 1.99. The lowest BCUT2D eigenvalue weighted by atomic mass is 10.1. The average Bonchev–Trinajstić information content (AvgIpc) is 2.91. The Morgan fingerprint density at radius 2 is 2.22 bits per heavy atom. The number of rotatable bonds is 4. The van der Waals surface area contributed by atoms with Crippen LogP contribution in [0.25, 0.3) is 0 Å². The maximum absolute atomic E-state index is 10.5. The zero-order chi connectivity index (χ0) is 13.3. The van der Waals surface area contributed by atoms with Gasteiger partial charge < -0.3 is 9.84 Å². The van der Waals surface area contributed by atoms with E-state index in [9.17, 15) is 5.11 Å². The molecule has 0 aliphatic rings. The third-order valence-electron chi connectivity index (χ3n) is 2.94. The summed E-state index contributed by atoms with van der Waals surface area (Å²) in [6.45, 7) is 4.60. The Morgan fingerprint density at radius 1 is 1.50 bits per heavy atom. The first-order valence-electron chi connectivity index (χ1n) is 5.86. The molecule has 1 N–H and O–H groups in total. The van der Waals surface area contributed by atoms with Crippen LogP contribution >= 0.6 is 0 Å². The summed E-state index contributed by atoms with van der Waals surface area (Å²) < 4.78 is 8.62. The number of aliphatic hydroxyl groups excluding tert-OH is 1. The van der Waals surface area contributed by atoms with Gasteiger partial charge in [-0.3, -0.25) is 9.36 Å². The molecule has 2 rings (SSSR count). The summed E-state index contributed by atoms with van der Waals surface area (Å²) in [5.74, 6) is 0.575. The molecule has 0 aliphatic carbocycles. The highest BCUT2D eigenvalue weighted by Crippen LogP contribution is 2.29. The van der Waals surface area contributed by atoms with E-state index >= 15 is 0 Å². The number of hydrogen-bond donors (Lipinski definition) is 1. The van der Waals surface area contributed by atoms with E-state index in [1.807, 2.05) is 19.9 Å². The lowest BCUT2D eigenvalue weighted by Crippen LogP contribution is -2.13. The summed E-state index contributed by atoms with van der Waals surface area (Å²) in [6, 6.07) is 1.88. The molecule has 2 aromatic heterocycles. The van der Waals surface area contributed by atoms with Gasteiger partial charge in [0.25, 0.3) is 0 Å². The van der Waals surface area contributed by atoms with Crippen LogP contribution in [-0.2, 0) is 13.6 Å². The molecule has 2 heterocycles. The largest absolute Gasteiger partial charge is 0.493 e. The Labute approximate surface area is 106 Å². The van der Waals surface area contributed by atoms with Crippen LogP contribution in [0.4, 0.5) is 0 Å². The fourth-order valence-corrected chi connectivity index (χ4v) is 2.07. The van der Waals surface area contributed by atoms with Gasteiger partial charge in [0.05, 0.1) is 24.7 Å². The van der Waals surface area contributed by atoms with Gasteiger partial charge in [-0.15, -0.1) is 0 Å². The quantitative estimate of drug-likeness (QED) is 0.880. The van der Waals surface area contributed by atoms with Gasteiger partial charge in [0.15, 0.2) is 5.75 Å². The van der Waals surface area contributed by atoms with Crippen LogP contribution in [0.3, 0.4) is 0 Å². The van der Waals surface area contributed by atoms with Crippen molar-refractivity contribution >= 4 is 0 Å². The van der Waals surface area contributed by atoms with Crippen molar-refractivity contribution in [1.82, 2.24) is 19.6 Å². The summed E-state index contributed by atoms with van der Waals surface area (Å²) in [6.07, 6.45) is 0.798. The minimum absolute atomic E-state index is 0.575. The van der Waals surface area contributed by atoms with E-state index in [1.165, 1.54) is 0 Å². The van der Waals surface area contributed by atoms with E-state index in [-0.39, 0.29) is 0 Å². The van der Waals surface area contributed by atoms with Crippen LogP contribution in [-0.4, -0.2) is 31.8 Å². The molecule has 0 saturated carbocycles. The van der Waals surface area contributed by atoms with Crippen molar-refractivity contribution in [2.24, 2.45) is 7.05 Å². The topological polar surface area (TPSA) is 65.1 Å². The molecule has 0 fully saturated rings. The van der Waals surface area contributed by atoms with Crippen LogP contribution in [0.5, 0.6) is 5.75 Å². The van der Waals surface area contributed by atoms with Crippen molar-refractivity contribution in [3.05, 3.63) is 29.3 Å². The van der Waals surface area contributed by atoms with E-state index in [4.69, 9.17) is 4.74 Å². The van der Waals surface area contributed by atoms with Crippen molar-refractivity contribution in [3.63, 3.8) is 0 Å². The van der Waals surface area contributed by atoms with Crippen molar-refractivity contribution < 1.29 is 9.84 Å². The Hall–Kier alpha value is -1.82. The normalized spacial score (nSPS) is 12.7. The Morgan fingerprint density at radius 3 is 2.83 bits per heavy atom. The highest BCUT2D eigenvalue weighted by Gasteiger charge is 2.23. The van der Waals surface area contributed by atoms with Gasteiger partial charge >= 0.3 is 0 Å². The molecule has 0 amide bonds. The maximum Gasteiger partial charge on any atom is 0.163 e. The van der Waals surface area contributed by atoms with Crippen LogP contribution in [0.2, 0.25) is 0 Å². The molecule has 0 saturated heterocycles. The smallest absolute Gasteiger partial charge is 0.163 e. The summed E-state index contributed by atoms with van der Waals surface area (Å²) in [5.41, 5.74) is 2.26. The van der Waals surface area contributed by atoms with E-state index in [2.05, 4.69) is 10.2 Å². The zero-order valence-corrected chi connectivity index (χ0v) is 11.1. The molecular weight excluding hydrogens is 232 g/mol. The van der Waals surface area contributed by atoms with E-state index in [1.54, 1.807) is 29.7 Å². The standard InChI is InChI=1S/C12H18N4O2/c1-5-16-9(6-8(2)14-16)12(17)11-10(18-4)7-13-15(11)3/h6-7,12,17H,5H2,1-4H3. The summed E-state index contributed by atoms with van der Waals surface area (Å²) in [7, 11) is 3.34. The zero-order valence-electron chi connectivity index (χ0n) is 11.1. The number of aryl methyl sites for hydroxylation is 3. The number of aromatic nitrogens is 4. The molecule has 2 aromatic rings. The Bertz CT molecular complexity index is 544. The van der Waals surface area contributed by atoms with E-state index < -0.39 is 6.10 Å². The predicted molar refractivity (Wildman–Crippen MR) is 66.5 cm³/mol. The molecule has 0 spiro atoms. The van der Waals surface area contributed by atoms with Gasteiger partial charge in [0.1, 0.15) is 11.8 Å². The van der Waals surface area contributed by atoms with Crippen LogP contribution in [0.15, 0.2) is 12.3 Å². The Balaban J connectivity index is 2.46. The lowest BCUT2D eigenvalue weighted by molar-refractivity contribution is 0.193. The average molecular weight is 250 g/mol. The lowest BCUT2D eigenvalue weighted by Gasteiger charge is -2.14. The van der Waals surface area contributed by atoms with E-state index in [0.29, 0.717) is 18.0 Å². The molecule has 6 heteroatoms. The second-order valence-electron chi connectivity index (χ2n) is 4.15. The van der Waals surface area contributed by atoms with Crippen molar-refractivity contribution in [2.45, 2.75) is 26.5 Å². The molecule has 1 atom stereocenters. The molecule has 0 bridgehead atoms. The monoisotopic (exact) mass is 250 g/mol. The SMILES string of the molecule is CCn1nc(C)cc1C(O)c1c(OC)cnn1C. The molecule has 1 unspecified atom stereocenters. The third-order valence-corrected chi connectivity index (χ3v) is 2.94. The molecule has 0 aliphatic heterocycles. The van der Waals surface area contributed by atoms with Gasteiger partial charge in [-0.2, -0.15) is 10.2 Å². The fraction of sp³-hybridized carbons (Fsp3) is 0.500. The van der Waals surface area contributed by atoms with Gasteiger partial charge in [-0.05, 0) is 19.9 Å². The van der Waals surface area contributed by atoms with Crippen LogP contribution in [0.1, 0.15) is 30.1 Å². The number of nitrogens with zero attached hydrogens (tertiary/aromatic N) is 4. The number of hydrogen-bond acceptors (Lipinski definition) is 4. The first kappa shape index (κ1) is 12.6. The predicted octanol–water partition coefficient (Wildman–Crippen LogP) is 1.04. The first-order valence-corrected chi connectivity index (χ1v) is 5.86. The summed E-state index contributed by atoms with van der Waals surface area (Å²) in [4.78, 5) is 0. The molecular formula is C12H18N4O2. The molecule has 98 valence electrons. The molecule has 6 nitrogen and oxygen atoms in total. The molecule has 0 aromatic carbocycles. The van der Waals surface area contributed by atoms with Crippen molar-refractivity contribution in [3.8, 4) is 5.75 Å². The maximum atomic E-state index is 10.5. The minimum atomic E-state index is -0.798. The van der Waals surface area contributed by atoms with E-state index in [0.717, 1.165) is 11.4 Å². The van der Waals surface area contributed by atoms with Crippen molar-refractivity contribution in [2.75, 3.05) is 7.11 Å².